The maximum absolute atomic E-state index is 15.0. The molecule has 0 saturated heterocycles. The number of benzene rings is 3. The number of hydrogen-bond acceptors (Lipinski definition) is 3. The van der Waals surface area contributed by atoms with Gasteiger partial charge >= 0.3 is 12.4 Å². The molecule has 1 atom stereocenters. The van der Waals surface area contributed by atoms with Gasteiger partial charge in [-0.15, -0.1) is 0 Å². The zero-order valence-corrected chi connectivity index (χ0v) is 20.9. The Morgan fingerprint density at radius 1 is 0.925 bits per heavy atom. The Hall–Kier alpha value is -4.41. The highest BCUT2D eigenvalue weighted by atomic mass is 19.4. The Bertz CT molecular complexity index is 1470. The van der Waals surface area contributed by atoms with Crippen LogP contribution in [0.25, 0.3) is 16.7 Å². The summed E-state index contributed by atoms with van der Waals surface area (Å²) in [5.41, 5.74) is 2.96. The van der Waals surface area contributed by atoms with Gasteiger partial charge in [0, 0.05) is 23.9 Å². The molecule has 1 unspecified atom stereocenters. The number of primary amides is 1. The molecule has 0 aliphatic carbocycles. The minimum atomic E-state index is -5.03. The van der Waals surface area contributed by atoms with Crippen molar-refractivity contribution < 1.29 is 35.5 Å². The molecule has 0 spiro atoms. The first-order chi connectivity index (χ1) is 18.7. The van der Waals surface area contributed by atoms with Crippen LogP contribution >= 0.6 is 0 Å². The summed E-state index contributed by atoms with van der Waals surface area (Å²) in [6, 6.07) is 14.0. The van der Waals surface area contributed by atoms with Crippen LogP contribution in [0.4, 0.5) is 30.7 Å². The maximum Gasteiger partial charge on any atom is 0.416 e. The topological polar surface area (TPSA) is 58.7 Å². The van der Waals surface area contributed by atoms with Crippen LogP contribution in [0.3, 0.4) is 0 Å². The number of amides is 1. The number of allylic oxidation sites excluding steroid dienone is 1. The van der Waals surface area contributed by atoms with E-state index in [1.165, 1.54) is 18.3 Å². The van der Waals surface area contributed by atoms with Crippen LogP contribution in [-0.2, 0) is 17.1 Å². The summed E-state index contributed by atoms with van der Waals surface area (Å²) < 4.78 is 95.7. The van der Waals surface area contributed by atoms with Crippen molar-refractivity contribution in [2.45, 2.75) is 25.7 Å². The van der Waals surface area contributed by atoms with Crippen LogP contribution in [0.2, 0.25) is 0 Å². The molecule has 1 heterocycles. The highest BCUT2D eigenvalue weighted by Crippen LogP contribution is 2.37. The van der Waals surface area contributed by atoms with Gasteiger partial charge in [0.25, 0.3) is 5.91 Å². The van der Waals surface area contributed by atoms with Gasteiger partial charge in [0.2, 0.25) is 0 Å². The number of alkyl halides is 6. The van der Waals surface area contributed by atoms with E-state index in [0.29, 0.717) is 17.7 Å². The lowest BCUT2D eigenvalue weighted by atomic mass is 9.93. The number of hydrogen-bond donors (Lipinski definition) is 1. The summed E-state index contributed by atoms with van der Waals surface area (Å²) in [6.07, 6.45) is -5.71. The minimum Gasteiger partial charge on any atom is -0.366 e. The third-order valence-electron chi connectivity index (χ3n) is 6.21. The van der Waals surface area contributed by atoms with Crippen molar-refractivity contribution >= 4 is 17.2 Å². The first-order valence-electron chi connectivity index (χ1n) is 11.9. The zero-order chi connectivity index (χ0) is 29.2. The fraction of sp³-hybridized carbons (Fsp3) is 0.172. The normalized spacial score (nSPS) is 16.5. The highest BCUT2D eigenvalue weighted by molar-refractivity contribution is 6.18. The van der Waals surface area contributed by atoms with Gasteiger partial charge in [-0.05, 0) is 47.4 Å². The average molecular weight is 562 g/mol. The third-order valence-corrected chi connectivity index (χ3v) is 6.21. The minimum absolute atomic E-state index is 0.0419. The number of halogens is 7. The number of rotatable bonds is 5. The molecule has 4 nitrogen and oxygen atoms in total. The maximum atomic E-state index is 15.0. The second-order valence-corrected chi connectivity index (χ2v) is 9.15. The SMILES string of the molecule is CC1CC=CN(C=C(C(N)=O)c2ccc(-c3ccccc3)c(F)c2)N=C1c1cc(C(F)(F)F)cc(C(F)(F)F)c1. The molecule has 3 aromatic rings. The molecule has 0 bridgehead atoms. The molecule has 11 heteroatoms. The van der Waals surface area contributed by atoms with E-state index in [1.54, 1.807) is 43.3 Å². The summed E-state index contributed by atoms with van der Waals surface area (Å²) in [5, 5.41) is 5.32. The molecule has 0 aromatic heterocycles. The molecule has 1 amide bonds. The molecule has 4 rings (SSSR count). The Morgan fingerprint density at radius 3 is 2.10 bits per heavy atom. The van der Waals surface area contributed by atoms with Crippen LogP contribution in [0.15, 0.2) is 90.3 Å². The summed E-state index contributed by atoms with van der Waals surface area (Å²) in [6.45, 7) is 1.59. The second-order valence-electron chi connectivity index (χ2n) is 9.15. The van der Waals surface area contributed by atoms with Gasteiger partial charge in [0.15, 0.2) is 0 Å². The molecule has 1 aliphatic heterocycles. The van der Waals surface area contributed by atoms with Crippen molar-refractivity contribution in [2.75, 3.05) is 0 Å². The summed E-state index contributed by atoms with van der Waals surface area (Å²) in [4.78, 5) is 12.3. The van der Waals surface area contributed by atoms with Crippen LogP contribution in [-0.4, -0.2) is 16.6 Å². The van der Waals surface area contributed by atoms with E-state index < -0.39 is 41.1 Å². The number of nitrogens with two attached hydrogens (primary N) is 1. The van der Waals surface area contributed by atoms with Crippen LogP contribution in [0.5, 0.6) is 0 Å². The third kappa shape index (κ3) is 6.41. The lowest BCUT2D eigenvalue weighted by Gasteiger charge is -2.19. The highest BCUT2D eigenvalue weighted by Gasteiger charge is 2.37. The van der Waals surface area contributed by atoms with Crippen molar-refractivity contribution in [1.29, 1.82) is 0 Å². The van der Waals surface area contributed by atoms with Crippen molar-refractivity contribution in [3.05, 3.63) is 113 Å². The number of carbonyl (C=O) groups excluding carboxylic acids is 1. The van der Waals surface area contributed by atoms with Crippen molar-refractivity contribution in [3.8, 4) is 11.1 Å². The van der Waals surface area contributed by atoms with Gasteiger partial charge in [0.1, 0.15) is 5.82 Å². The molecule has 0 saturated carbocycles. The predicted molar refractivity (Wildman–Crippen MR) is 137 cm³/mol. The van der Waals surface area contributed by atoms with Gasteiger partial charge in [0.05, 0.1) is 22.4 Å². The smallest absolute Gasteiger partial charge is 0.366 e. The Labute approximate surface area is 224 Å². The summed E-state index contributed by atoms with van der Waals surface area (Å²) in [5.74, 6) is -2.17. The monoisotopic (exact) mass is 561 g/mol. The van der Waals surface area contributed by atoms with Gasteiger partial charge < -0.3 is 5.73 Å². The molecular formula is C29H22F7N3O. The Balaban J connectivity index is 1.79. The van der Waals surface area contributed by atoms with Crippen molar-refractivity contribution in [2.24, 2.45) is 16.8 Å². The summed E-state index contributed by atoms with van der Waals surface area (Å²) >= 11 is 0. The molecular weight excluding hydrogens is 539 g/mol. The molecule has 2 N–H and O–H groups in total. The molecule has 208 valence electrons. The summed E-state index contributed by atoms with van der Waals surface area (Å²) in [7, 11) is 0. The largest absolute Gasteiger partial charge is 0.416 e. The van der Waals surface area contributed by atoms with Crippen LogP contribution < -0.4 is 5.73 Å². The van der Waals surface area contributed by atoms with E-state index in [9.17, 15) is 35.5 Å². The Morgan fingerprint density at radius 2 is 1.55 bits per heavy atom. The standard InChI is InChI=1S/C29H22F7N3O/c1-17-6-5-11-39(38-26(17)20-12-21(28(31,32)33)15-22(13-20)29(34,35)36)16-24(27(37)40)19-9-10-23(25(30)14-19)18-7-3-2-4-8-18/h2-5,7-17H,6H2,1H3,(H2,37,40). The van der Waals surface area contributed by atoms with E-state index in [4.69, 9.17) is 5.73 Å². The lowest BCUT2D eigenvalue weighted by Crippen LogP contribution is -2.19. The Kier molecular flexibility index (Phi) is 7.86. The average Bonchev–Trinajstić information content (AvgIpc) is 3.07. The van der Waals surface area contributed by atoms with E-state index in [2.05, 4.69) is 5.10 Å². The molecule has 40 heavy (non-hydrogen) atoms. The predicted octanol–water partition coefficient (Wildman–Crippen LogP) is 7.62. The van der Waals surface area contributed by atoms with Gasteiger partial charge in [-0.2, -0.15) is 31.4 Å². The van der Waals surface area contributed by atoms with Crippen LogP contribution in [0, 0.1) is 11.7 Å². The van der Waals surface area contributed by atoms with Crippen molar-refractivity contribution in [3.63, 3.8) is 0 Å². The fourth-order valence-corrected chi connectivity index (χ4v) is 4.21. The number of carbonyl (C=O) groups is 1. The molecule has 1 aliphatic rings. The van der Waals surface area contributed by atoms with Crippen LogP contribution in [0.1, 0.15) is 35.6 Å². The zero-order valence-electron chi connectivity index (χ0n) is 20.9. The van der Waals surface area contributed by atoms with E-state index in [0.717, 1.165) is 17.3 Å². The van der Waals surface area contributed by atoms with E-state index >= 15 is 0 Å². The number of nitrogens with zero attached hydrogens (tertiary/aromatic N) is 2. The first-order valence-corrected chi connectivity index (χ1v) is 11.9. The van der Waals surface area contributed by atoms with E-state index in [1.807, 2.05) is 0 Å². The van der Waals surface area contributed by atoms with Gasteiger partial charge in [-0.3, -0.25) is 4.79 Å². The molecule has 0 fully saturated rings. The lowest BCUT2D eigenvalue weighted by molar-refractivity contribution is -0.143. The van der Waals surface area contributed by atoms with E-state index in [-0.39, 0.29) is 40.5 Å². The number of hydrazone groups is 1. The molecule has 0 radical (unpaired) electrons. The second kappa shape index (κ2) is 11.0. The quantitative estimate of drug-likeness (QED) is 0.257. The fourth-order valence-electron chi connectivity index (χ4n) is 4.21. The molecule has 3 aromatic carbocycles. The van der Waals surface area contributed by atoms with Gasteiger partial charge in [-0.25, -0.2) is 9.40 Å². The van der Waals surface area contributed by atoms with Gasteiger partial charge in [-0.1, -0.05) is 55.5 Å². The van der Waals surface area contributed by atoms with Crippen molar-refractivity contribution in [1.82, 2.24) is 5.01 Å². The first kappa shape index (κ1) is 28.6.